The van der Waals surface area contributed by atoms with Gasteiger partial charge in [-0.1, -0.05) is 54.6 Å². The molecule has 6 nitrogen and oxygen atoms in total. The molecule has 1 aliphatic heterocycles. The number of rotatable bonds is 9. The molecule has 1 aliphatic rings. The maximum absolute atomic E-state index is 10.8. The Morgan fingerprint density at radius 1 is 1.03 bits per heavy atom. The molecule has 0 saturated carbocycles. The van der Waals surface area contributed by atoms with Crippen LogP contribution < -0.4 is 19.7 Å². The number of carbonyl (C=O) groups is 1. The zero-order chi connectivity index (χ0) is 24.9. The van der Waals surface area contributed by atoms with Crippen LogP contribution in [0.25, 0.3) is 10.8 Å². The summed E-state index contributed by atoms with van der Waals surface area (Å²) in [6, 6.07) is 30.8. The average Bonchev–Trinajstić information content (AvgIpc) is 2.91. The van der Waals surface area contributed by atoms with Gasteiger partial charge in [0.1, 0.15) is 17.6 Å². The summed E-state index contributed by atoms with van der Waals surface area (Å²) in [5, 5.41) is 15.1. The lowest BCUT2D eigenvalue weighted by Crippen LogP contribution is -2.39. The molecule has 0 radical (unpaired) electrons. The Morgan fingerprint density at radius 3 is 2.57 bits per heavy atom. The van der Waals surface area contributed by atoms with E-state index in [-0.39, 0.29) is 31.2 Å². The Morgan fingerprint density at radius 2 is 1.76 bits per heavy atom. The van der Waals surface area contributed by atoms with E-state index in [4.69, 9.17) is 14.6 Å². The van der Waals surface area contributed by atoms with Gasteiger partial charge in [-0.25, -0.2) is 4.79 Å². The Kier molecular flexibility index (Phi) is 8.54. The summed E-state index contributed by atoms with van der Waals surface area (Å²) < 4.78 is 11.6. The van der Waals surface area contributed by atoms with E-state index < -0.39 is 5.97 Å². The Bertz CT molecular complexity index is 1340. The third-order valence-electron chi connectivity index (χ3n) is 6.55. The molecule has 0 saturated heterocycles. The summed E-state index contributed by atoms with van der Waals surface area (Å²) in [6.45, 7) is 3.40. The topological polar surface area (TPSA) is 71.0 Å². The summed E-state index contributed by atoms with van der Waals surface area (Å²) in [6.07, 6.45) is 0.884. The first-order chi connectivity index (χ1) is 17.6. The molecule has 0 aromatic heterocycles. The van der Waals surface area contributed by atoms with E-state index in [1.165, 1.54) is 16.3 Å². The van der Waals surface area contributed by atoms with Crippen LogP contribution in [0.1, 0.15) is 24.9 Å². The molecule has 0 spiro atoms. The van der Waals surface area contributed by atoms with Gasteiger partial charge in [0.25, 0.3) is 0 Å². The lowest BCUT2D eigenvalue weighted by atomic mass is 9.99. The Labute approximate surface area is 223 Å². The fraction of sp³-hybridized carbons (Fsp3) is 0.233. The number of para-hydroxylation sites is 2. The molecular weight excluding hydrogens is 488 g/mol. The molecule has 192 valence electrons. The van der Waals surface area contributed by atoms with E-state index in [1.54, 1.807) is 12.1 Å². The fourth-order valence-electron chi connectivity index (χ4n) is 4.76. The minimum atomic E-state index is -0.993. The molecule has 0 bridgehead atoms. The second kappa shape index (κ2) is 12.0. The average molecular weight is 519 g/mol. The van der Waals surface area contributed by atoms with Gasteiger partial charge in [0, 0.05) is 11.7 Å². The number of fused-ring (bicyclic) bond motifs is 2. The van der Waals surface area contributed by atoms with Gasteiger partial charge >= 0.3 is 5.97 Å². The maximum atomic E-state index is 10.8. The second-order valence-corrected chi connectivity index (χ2v) is 9.03. The summed E-state index contributed by atoms with van der Waals surface area (Å²) in [5.74, 6) is 0.403. The molecule has 4 aromatic rings. The van der Waals surface area contributed by atoms with Crippen molar-refractivity contribution < 1.29 is 19.4 Å². The minimum absolute atomic E-state index is 0. The number of carboxylic acid groups (broad SMARTS) is 1. The lowest BCUT2D eigenvalue weighted by Gasteiger charge is -2.36. The van der Waals surface area contributed by atoms with Gasteiger partial charge in [0.05, 0.1) is 12.2 Å². The molecular formula is C30H31ClN2O4. The smallest absolute Gasteiger partial charge is 0.341 e. The third kappa shape index (κ3) is 6.16. The lowest BCUT2D eigenvalue weighted by molar-refractivity contribution is -0.139. The molecule has 2 N–H and O–H groups in total. The van der Waals surface area contributed by atoms with E-state index in [1.807, 2.05) is 30.3 Å². The number of aliphatic carboxylic acids is 1. The first-order valence-corrected chi connectivity index (χ1v) is 12.3. The van der Waals surface area contributed by atoms with Crippen molar-refractivity contribution in [2.45, 2.75) is 25.5 Å². The number of benzene rings is 4. The quantitative estimate of drug-likeness (QED) is 0.268. The molecule has 1 unspecified atom stereocenters. The van der Waals surface area contributed by atoms with Crippen molar-refractivity contribution in [2.75, 3.05) is 24.6 Å². The first-order valence-electron chi connectivity index (χ1n) is 12.3. The van der Waals surface area contributed by atoms with Gasteiger partial charge < -0.3 is 24.8 Å². The standard InChI is InChI=1S/C30H30N2O4.ClH/c1-21(26-10-6-8-22-7-2-3-9-27(22)26)31-18-17-25-19-32(28-11-4-5-12-29(28)36-25)23-13-15-24(16-14-23)35-20-30(33)34;/h2-16,21,25,31H,17-20H2,1H3,(H,33,34);1H/t21-,25?;/m1./s1. The van der Waals surface area contributed by atoms with Gasteiger partial charge in [-0.05, 0) is 72.6 Å². The highest BCUT2D eigenvalue weighted by atomic mass is 35.5. The molecule has 4 aromatic carbocycles. The molecule has 7 heteroatoms. The van der Waals surface area contributed by atoms with Crippen LogP contribution in [0.4, 0.5) is 11.4 Å². The van der Waals surface area contributed by atoms with Crippen molar-refractivity contribution in [3.63, 3.8) is 0 Å². The number of carboxylic acids is 1. The summed E-state index contributed by atoms with van der Waals surface area (Å²) in [5.41, 5.74) is 3.33. The summed E-state index contributed by atoms with van der Waals surface area (Å²) in [7, 11) is 0. The predicted octanol–water partition coefficient (Wildman–Crippen LogP) is 6.37. The van der Waals surface area contributed by atoms with Crippen molar-refractivity contribution in [3.8, 4) is 11.5 Å². The van der Waals surface area contributed by atoms with Gasteiger partial charge in [0.15, 0.2) is 6.61 Å². The van der Waals surface area contributed by atoms with E-state index in [9.17, 15) is 4.79 Å². The second-order valence-electron chi connectivity index (χ2n) is 9.03. The SMILES string of the molecule is C[C@@H](NCCC1CN(c2ccc(OCC(=O)O)cc2)c2ccccc2O1)c1cccc2ccccc12.Cl. The normalized spacial score (nSPS) is 15.3. The number of ether oxygens (including phenoxy) is 2. The Balaban J connectivity index is 0.00000320. The molecule has 2 atom stereocenters. The van der Waals surface area contributed by atoms with Gasteiger partial charge in [-0.2, -0.15) is 0 Å². The van der Waals surface area contributed by atoms with Gasteiger partial charge in [-0.15, -0.1) is 12.4 Å². The van der Waals surface area contributed by atoms with Crippen molar-refractivity contribution in [3.05, 3.63) is 96.6 Å². The number of hydrogen-bond acceptors (Lipinski definition) is 5. The molecule has 5 rings (SSSR count). The van der Waals surface area contributed by atoms with Crippen LogP contribution >= 0.6 is 12.4 Å². The van der Waals surface area contributed by atoms with Crippen molar-refractivity contribution in [1.29, 1.82) is 0 Å². The fourth-order valence-corrected chi connectivity index (χ4v) is 4.76. The maximum Gasteiger partial charge on any atom is 0.341 e. The predicted molar refractivity (Wildman–Crippen MR) is 150 cm³/mol. The van der Waals surface area contributed by atoms with Crippen LogP contribution in [0, 0.1) is 0 Å². The van der Waals surface area contributed by atoms with E-state index in [0.29, 0.717) is 5.75 Å². The molecule has 1 heterocycles. The number of nitrogens with zero attached hydrogens (tertiary/aromatic N) is 1. The van der Waals surface area contributed by atoms with Crippen molar-refractivity contribution in [1.82, 2.24) is 5.32 Å². The highest BCUT2D eigenvalue weighted by Crippen LogP contribution is 2.39. The van der Waals surface area contributed by atoms with Crippen molar-refractivity contribution >= 4 is 40.5 Å². The summed E-state index contributed by atoms with van der Waals surface area (Å²) >= 11 is 0. The third-order valence-corrected chi connectivity index (χ3v) is 6.55. The zero-order valence-electron chi connectivity index (χ0n) is 20.7. The van der Waals surface area contributed by atoms with Crippen LogP contribution in [-0.2, 0) is 4.79 Å². The molecule has 0 amide bonds. The number of halogens is 1. The van der Waals surface area contributed by atoms with Crippen LogP contribution in [0.2, 0.25) is 0 Å². The molecule has 0 aliphatic carbocycles. The van der Waals surface area contributed by atoms with Crippen LogP contribution in [0.5, 0.6) is 11.5 Å². The van der Waals surface area contributed by atoms with Gasteiger partial charge in [0.2, 0.25) is 0 Å². The molecule has 0 fully saturated rings. The molecule has 37 heavy (non-hydrogen) atoms. The largest absolute Gasteiger partial charge is 0.486 e. The monoisotopic (exact) mass is 518 g/mol. The van der Waals surface area contributed by atoms with Crippen LogP contribution in [0.15, 0.2) is 91.0 Å². The minimum Gasteiger partial charge on any atom is -0.486 e. The van der Waals surface area contributed by atoms with Gasteiger partial charge in [-0.3, -0.25) is 0 Å². The van der Waals surface area contributed by atoms with E-state index in [0.717, 1.165) is 36.6 Å². The zero-order valence-corrected chi connectivity index (χ0v) is 21.5. The Hall–Kier alpha value is -3.74. The highest BCUT2D eigenvalue weighted by molar-refractivity contribution is 5.86. The van der Waals surface area contributed by atoms with E-state index in [2.05, 4.69) is 65.7 Å². The number of nitrogens with one attached hydrogen (secondary N) is 1. The van der Waals surface area contributed by atoms with Crippen LogP contribution in [-0.4, -0.2) is 36.9 Å². The highest BCUT2D eigenvalue weighted by Gasteiger charge is 2.26. The number of anilines is 2. The first kappa shape index (κ1) is 26.3. The van der Waals surface area contributed by atoms with Crippen LogP contribution in [0.3, 0.4) is 0 Å². The summed E-state index contributed by atoms with van der Waals surface area (Å²) in [4.78, 5) is 13.0. The van der Waals surface area contributed by atoms with Crippen molar-refractivity contribution in [2.24, 2.45) is 0 Å². The van der Waals surface area contributed by atoms with E-state index >= 15 is 0 Å². The number of hydrogen-bond donors (Lipinski definition) is 2.